The third kappa shape index (κ3) is 2.21. The van der Waals surface area contributed by atoms with Gasteiger partial charge in [-0.3, -0.25) is 9.05 Å². The number of hydrogen-bond donors (Lipinski definition) is 0. The summed E-state index contributed by atoms with van der Waals surface area (Å²) in [4.78, 5) is 0. The lowest BCUT2D eigenvalue weighted by Gasteiger charge is -2.18. The quantitative estimate of drug-likeness (QED) is 0.575. The summed E-state index contributed by atoms with van der Waals surface area (Å²) < 4.78 is 26.3. The van der Waals surface area contributed by atoms with E-state index in [2.05, 4.69) is 24.3 Å². The van der Waals surface area contributed by atoms with Crippen molar-refractivity contribution in [3.05, 3.63) is 59.7 Å². The topological polar surface area (TPSA) is 38.5 Å². The van der Waals surface area contributed by atoms with Crippen LogP contribution in [0, 0.1) is 0 Å². The van der Waals surface area contributed by atoms with Crippen molar-refractivity contribution in [3.8, 4) is 11.1 Å². The van der Waals surface area contributed by atoms with Crippen molar-refractivity contribution < 1.29 is 13.6 Å². The maximum atomic E-state index is 13.2. The van der Waals surface area contributed by atoms with Gasteiger partial charge in [-0.05, 0) is 36.1 Å². The smallest absolute Gasteiger partial charge is 0.297 e. The summed E-state index contributed by atoms with van der Waals surface area (Å²) in [7, 11) is -3.26. The molecule has 0 radical (unpaired) electrons. The van der Waals surface area contributed by atoms with Crippen molar-refractivity contribution in [3.63, 3.8) is 0 Å². The third-order valence-electron chi connectivity index (χ3n) is 4.50. The molecule has 0 N–H and O–H groups in total. The second-order valence-electron chi connectivity index (χ2n) is 5.75. The molecule has 0 amide bonds. The minimum atomic E-state index is -3.26. The Kier molecular flexibility index (Phi) is 3.66. The van der Waals surface area contributed by atoms with E-state index < -0.39 is 7.75 Å². The summed E-state index contributed by atoms with van der Waals surface area (Å²) in [5, 5.41) is 0. The molecule has 2 atom stereocenters. The summed E-state index contributed by atoms with van der Waals surface area (Å²) in [5.74, 6) is 0. The van der Waals surface area contributed by atoms with Crippen LogP contribution in [0.5, 0.6) is 0 Å². The third-order valence-corrected chi connectivity index (χ3v) is 6.73. The van der Waals surface area contributed by atoms with Crippen LogP contribution >= 0.6 is 7.75 Å². The van der Waals surface area contributed by atoms with Crippen LogP contribution in [0.4, 0.5) is 0 Å². The number of hydrogen-bond acceptors (Lipinski definition) is 3. The van der Waals surface area contributed by atoms with Crippen LogP contribution in [0.3, 0.4) is 0 Å². The first kappa shape index (κ1) is 15.1. The molecule has 0 aromatic heterocycles. The standard InChI is InChI=1S/C18H20NO3P/c1-3-21-23(20,22-4-2)19-17-15-11-7-5-9-13(15)14-10-6-8-12-16(14)18(17)19/h5-12,17-18H,3-4H2,1-2H3. The maximum Gasteiger partial charge on any atom is 0.409 e. The predicted molar refractivity (Wildman–Crippen MR) is 90.1 cm³/mol. The van der Waals surface area contributed by atoms with Crippen molar-refractivity contribution in [1.82, 2.24) is 4.67 Å². The van der Waals surface area contributed by atoms with Crippen molar-refractivity contribution in [2.75, 3.05) is 13.2 Å². The van der Waals surface area contributed by atoms with E-state index >= 15 is 0 Å². The average Bonchev–Trinajstić information content (AvgIpc) is 3.32. The monoisotopic (exact) mass is 329 g/mol. The van der Waals surface area contributed by atoms with Crippen LogP contribution < -0.4 is 0 Å². The number of benzene rings is 2. The van der Waals surface area contributed by atoms with E-state index in [4.69, 9.17) is 9.05 Å². The van der Waals surface area contributed by atoms with Crippen LogP contribution in [0.25, 0.3) is 11.1 Å². The Bertz CT molecular complexity index is 730. The van der Waals surface area contributed by atoms with E-state index in [9.17, 15) is 4.57 Å². The molecule has 2 aliphatic rings. The van der Waals surface area contributed by atoms with Crippen molar-refractivity contribution >= 4 is 7.75 Å². The van der Waals surface area contributed by atoms with Gasteiger partial charge in [0.05, 0.1) is 25.3 Å². The maximum absolute atomic E-state index is 13.2. The van der Waals surface area contributed by atoms with Gasteiger partial charge in [0.25, 0.3) is 0 Å². The van der Waals surface area contributed by atoms with Crippen molar-refractivity contribution in [2.24, 2.45) is 0 Å². The van der Waals surface area contributed by atoms with E-state index in [-0.39, 0.29) is 12.1 Å². The summed E-state index contributed by atoms with van der Waals surface area (Å²) in [6.45, 7) is 4.44. The molecule has 1 aliphatic heterocycles. The number of rotatable bonds is 5. The molecule has 120 valence electrons. The van der Waals surface area contributed by atoms with Gasteiger partial charge in [0.15, 0.2) is 0 Å². The average molecular weight is 329 g/mol. The highest BCUT2D eigenvalue weighted by atomic mass is 31.2. The molecular formula is C18H20NO3P. The van der Waals surface area contributed by atoms with Crippen molar-refractivity contribution in [2.45, 2.75) is 25.9 Å². The first-order valence-electron chi connectivity index (χ1n) is 8.07. The summed E-state index contributed by atoms with van der Waals surface area (Å²) in [6.07, 6.45) is 0. The summed E-state index contributed by atoms with van der Waals surface area (Å²) in [6, 6.07) is 16.8. The van der Waals surface area contributed by atoms with E-state index in [0.29, 0.717) is 13.2 Å². The molecular weight excluding hydrogens is 309 g/mol. The van der Waals surface area contributed by atoms with Gasteiger partial charge < -0.3 is 0 Å². The fourth-order valence-corrected chi connectivity index (χ4v) is 5.69. The van der Waals surface area contributed by atoms with Gasteiger partial charge in [-0.15, -0.1) is 0 Å². The Hall–Kier alpha value is -1.45. The van der Waals surface area contributed by atoms with E-state index in [1.807, 2.05) is 42.8 Å². The highest BCUT2D eigenvalue weighted by Crippen LogP contribution is 2.75. The molecule has 4 nitrogen and oxygen atoms in total. The van der Waals surface area contributed by atoms with Gasteiger partial charge in [0.2, 0.25) is 0 Å². The van der Waals surface area contributed by atoms with E-state index in [1.54, 1.807) is 0 Å². The molecule has 0 saturated carbocycles. The minimum Gasteiger partial charge on any atom is -0.297 e. The lowest BCUT2D eigenvalue weighted by molar-refractivity contribution is 0.193. The second kappa shape index (κ2) is 5.57. The van der Waals surface area contributed by atoms with Crippen LogP contribution in [0.15, 0.2) is 48.5 Å². The molecule has 5 heteroatoms. The SMILES string of the molecule is CCOP(=O)(OCC)N1C2c3ccccc3-c3ccccc3C21. The molecule has 4 rings (SSSR count). The predicted octanol–water partition coefficient (Wildman–Crippen LogP) is 4.95. The van der Waals surface area contributed by atoms with E-state index in [1.165, 1.54) is 22.3 Å². The fraction of sp³-hybridized carbons (Fsp3) is 0.333. The zero-order valence-electron chi connectivity index (χ0n) is 13.3. The second-order valence-corrected chi connectivity index (χ2v) is 7.66. The molecule has 23 heavy (non-hydrogen) atoms. The van der Waals surface area contributed by atoms with Gasteiger partial charge in [-0.25, -0.2) is 4.57 Å². The van der Waals surface area contributed by atoms with Crippen molar-refractivity contribution in [1.29, 1.82) is 0 Å². The first-order valence-corrected chi connectivity index (χ1v) is 9.57. The molecule has 2 aromatic carbocycles. The Balaban J connectivity index is 1.84. The Morgan fingerprint density at radius 2 is 1.30 bits per heavy atom. The van der Waals surface area contributed by atoms with Crippen LogP contribution in [0.1, 0.15) is 37.1 Å². The molecule has 1 aliphatic carbocycles. The molecule has 2 unspecified atom stereocenters. The van der Waals surface area contributed by atoms with Gasteiger partial charge in [-0.2, -0.15) is 4.67 Å². The van der Waals surface area contributed by atoms with Crippen LogP contribution in [-0.2, 0) is 13.6 Å². The minimum absolute atomic E-state index is 0.0741. The highest BCUT2D eigenvalue weighted by molar-refractivity contribution is 7.51. The normalized spacial score (nSPS) is 24.5. The summed E-state index contributed by atoms with van der Waals surface area (Å²) >= 11 is 0. The molecule has 0 bridgehead atoms. The van der Waals surface area contributed by atoms with Crippen LogP contribution in [-0.4, -0.2) is 17.9 Å². The molecule has 0 spiro atoms. The lowest BCUT2D eigenvalue weighted by Crippen LogP contribution is -2.05. The Morgan fingerprint density at radius 1 is 0.870 bits per heavy atom. The Labute approximate surface area is 136 Å². The largest absolute Gasteiger partial charge is 0.409 e. The van der Waals surface area contributed by atoms with Crippen LogP contribution in [0.2, 0.25) is 0 Å². The Morgan fingerprint density at radius 3 is 1.74 bits per heavy atom. The highest BCUT2D eigenvalue weighted by Gasteiger charge is 2.62. The molecule has 2 aromatic rings. The molecule has 1 heterocycles. The number of fused-ring (bicyclic) bond motifs is 6. The first-order chi connectivity index (χ1) is 11.2. The zero-order chi connectivity index (χ0) is 16.0. The fourth-order valence-electron chi connectivity index (χ4n) is 3.65. The van der Waals surface area contributed by atoms with Gasteiger partial charge >= 0.3 is 7.75 Å². The number of nitrogens with zero attached hydrogens (tertiary/aromatic N) is 1. The lowest BCUT2D eigenvalue weighted by atomic mass is 9.86. The van der Waals surface area contributed by atoms with Gasteiger partial charge in [0.1, 0.15) is 0 Å². The van der Waals surface area contributed by atoms with Gasteiger partial charge in [-0.1, -0.05) is 48.5 Å². The van der Waals surface area contributed by atoms with E-state index in [0.717, 1.165) is 0 Å². The van der Waals surface area contributed by atoms with Gasteiger partial charge in [0, 0.05) is 0 Å². The zero-order valence-corrected chi connectivity index (χ0v) is 14.2. The summed E-state index contributed by atoms with van der Waals surface area (Å²) in [5.41, 5.74) is 4.84. The molecule has 1 fully saturated rings. The molecule has 1 saturated heterocycles.